The van der Waals surface area contributed by atoms with Crippen LogP contribution in [0.1, 0.15) is 11.1 Å². The Bertz CT molecular complexity index is 3170. The number of para-hydroxylation sites is 2. The fraction of sp³-hybridized carbons (Fsp3) is 0.0357. The highest BCUT2D eigenvalue weighted by Gasteiger charge is 2.51. The van der Waals surface area contributed by atoms with E-state index in [1.54, 1.807) is 0 Å². The Morgan fingerprint density at radius 3 is 1.35 bits per heavy atom. The fourth-order valence-corrected chi connectivity index (χ4v) is 16.4. The van der Waals surface area contributed by atoms with Gasteiger partial charge in [0.1, 0.15) is 11.5 Å². The molecule has 0 atom stereocenters. The maximum atomic E-state index is 7.27. The van der Waals surface area contributed by atoms with E-state index in [1.165, 1.54) is 71.0 Å². The van der Waals surface area contributed by atoms with Gasteiger partial charge in [0.25, 0.3) is 6.71 Å². The largest absolute Gasteiger partial charge is 0.458 e. The second kappa shape index (κ2) is 13.2. The summed E-state index contributed by atoms with van der Waals surface area (Å²) in [5, 5.41) is 5.53. The van der Waals surface area contributed by atoms with E-state index in [0.29, 0.717) is 0 Å². The molecule has 4 nitrogen and oxygen atoms in total. The number of aryl methyl sites for hydroxylation is 2. The van der Waals surface area contributed by atoms with Crippen molar-refractivity contribution < 1.29 is 4.74 Å². The zero-order valence-electron chi connectivity index (χ0n) is 34.5. The molecule has 0 N–H and O–H groups in total. The van der Waals surface area contributed by atoms with Crippen LogP contribution in [0.25, 0.3) is 0 Å². The summed E-state index contributed by atoms with van der Waals surface area (Å²) in [5.41, 5.74) is 16.6. The van der Waals surface area contributed by atoms with Gasteiger partial charge in [-0.15, -0.1) is 0 Å². The number of nitrogens with zero attached hydrogens (tertiary/aromatic N) is 3. The van der Waals surface area contributed by atoms with Crippen molar-refractivity contribution >= 4 is 103 Å². The molecule has 13 rings (SSSR count). The number of fused-ring (bicyclic) bond motifs is 2. The highest BCUT2D eigenvalue weighted by molar-refractivity contribution is 7.21. The number of ether oxygens (including phenoxy) is 1. The minimum absolute atomic E-state index is 0.0115. The van der Waals surface area contributed by atoms with Gasteiger partial charge in [0.15, 0.2) is 8.07 Å². The van der Waals surface area contributed by atoms with Gasteiger partial charge in [-0.05, 0) is 118 Å². The lowest BCUT2D eigenvalue weighted by Gasteiger charge is -2.48. The van der Waals surface area contributed by atoms with Crippen LogP contribution in [-0.2, 0) is 0 Å². The van der Waals surface area contributed by atoms with Crippen molar-refractivity contribution in [3.05, 3.63) is 217 Å². The molecule has 0 amide bonds. The number of hydrogen-bond acceptors (Lipinski definition) is 4. The SMILES string of the molecule is Cc1ccc2c(c1)[Si](c1ccccc1)(c1ccccc1)c1cc(C)ccc1N2c1cc2c3c(c1)N(c1ccccc1)c1cccc4c1B3c1c(cccc1N4c1ccccc1)O2. The molecule has 0 unspecified atom stereocenters. The van der Waals surface area contributed by atoms with E-state index in [9.17, 15) is 0 Å². The third-order valence-corrected chi connectivity index (χ3v) is 18.4. The molecule has 0 saturated heterocycles. The number of anilines is 9. The summed E-state index contributed by atoms with van der Waals surface area (Å²) in [5.74, 6) is 1.80. The first-order valence-electron chi connectivity index (χ1n) is 21.5. The molecule has 9 aromatic rings. The molecule has 6 heteroatoms. The van der Waals surface area contributed by atoms with Gasteiger partial charge in [0, 0.05) is 51.6 Å². The molecule has 0 fully saturated rings. The third-order valence-electron chi connectivity index (χ3n) is 13.6. The highest BCUT2D eigenvalue weighted by atomic mass is 28.3. The minimum Gasteiger partial charge on any atom is -0.458 e. The Kier molecular flexibility index (Phi) is 7.52. The van der Waals surface area contributed by atoms with Gasteiger partial charge in [-0.3, -0.25) is 0 Å². The molecule has 0 bridgehead atoms. The quantitative estimate of drug-likeness (QED) is 0.161. The molecular weight excluding hydrogens is 770 g/mol. The fourth-order valence-electron chi connectivity index (χ4n) is 11.1. The van der Waals surface area contributed by atoms with E-state index >= 15 is 0 Å². The van der Waals surface area contributed by atoms with Crippen LogP contribution in [0, 0.1) is 13.8 Å². The van der Waals surface area contributed by atoms with Crippen molar-refractivity contribution in [1.29, 1.82) is 0 Å². The van der Waals surface area contributed by atoms with Gasteiger partial charge < -0.3 is 19.4 Å². The predicted octanol–water partition coefficient (Wildman–Crippen LogP) is 9.65. The van der Waals surface area contributed by atoms with E-state index in [0.717, 1.165) is 39.9 Å². The molecule has 4 aliphatic rings. The summed E-state index contributed by atoms with van der Waals surface area (Å²) in [6, 6.07) is 76.6. The van der Waals surface area contributed by atoms with E-state index in [1.807, 2.05) is 0 Å². The average molecular weight is 810 g/mol. The van der Waals surface area contributed by atoms with Gasteiger partial charge in [0.2, 0.25) is 0 Å². The van der Waals surface area contributed by atoms with Crippen LogP contribution in [0.2, 0.25) is 0 Å². The van der Waals surface area contributed by atoms with E-state index in [-0.39, 0.29) is 6.71 Å². The molecule has 0 saturated carbocycles. The molecule has 0 spiro atoms. The summed E-state index contributed by atoms with van der Waals surface area (Å²) in [7, 11) is -2.85. The van der Waals surface area contributed by atoms with E-state index in [4.69, 9.17) is 4.74 Å². The van der Waals surface area contributed by atoms with Crippen molar-refractivity contribution in [3.63, 3.8) is 0 Å². The number of benzene rings is 9. The molecule has 9 aromatic carbocycles. The second-order valence-corrected chi connectivity index (χ2v) is 20.7. The van der Waals surface area contributed by atoms with Crippen LogP contribution in [0.5, 0.6) is 11.5 Å². The molecule has 292 valence electrons. The van der Waals surface area contributed by atoms with Crippen LogP contribution in [0.3, 0.4) is 0 Å². The van der Waals surface area contributed by atoms with Gasteiger partial charge in [0.05, 0.1) is 5.69 Å². The Labute approximate surface area is 363 Å². The molecule has 62 heavy (non-hydrogen) atoms. The number of hydrogen-bond donors (Lipinski definition) is 0. The van der Waals surface area contributed by atoms with Crippen molar-refractivity contribution in [1.82, 2.24) is 0 Å². The third kappa shape index (κ3) is 4.78. The van der Waals surface area contributed by atoms with Crippen molar-refractivity contribution in [2.45, 2.75) is 13.8 Å². The maximum Gasteiger partial charge on any atom is 0.261 e. The van der Waals surface area contributed by atoms with Crippen LogP contribution in [0.4, 0.5) is 51.2 Å². The normalized spacial score (nSPS) is 14.4. The minimum atomic E-state index is -2.85. The van der Waals surface area contributed by atoms with Crippen molar-refractivity contribution in [3.8, 4) is 11.5 Å². The average Bonchev–Trinajstić information content (AvgIpc) is 3.32. The van der Waals surface area contributed by atoms with Gasteiger partial charge in [-0.25, -0.2) is 0 Å². The van der Waals surface area contributed by atoms with Gasteiger partial charge in [-0.2, -0.15) is 0 Å². The lowest BCUT2D eigenvalue weighted by Crippen LogP contribution is -2.77. The molecule has 0 radical (unpaired) electrons. The smallest absolute Gasteiger partial charge is 0.261 e. The molecule has 4 aliphatic heterocycles. The first-order valence-corrected chi connectivity index (χ1v) is 23.5. The van der Waals surface area contributed by atoms with Crippen LogP contribution in [0.15, 0.2) is 206 Å². The second-order valence-electron chi connectivity index (χ2n) is 17.0. The monoisotopic (exact) mass is 809 g/mol. The summed E-state index contributed by atoms with van der Waals surface area (Å²) in [6.07, 6.45) is 0. The molecular formula is C56H40BN3OSi. The Morgan fingerprint density at radius 1 is 0.355 bits per heavy atom. The Hall–Kier alpha value is -7.54. The molecule has 0 aliphatic carbocycles. The summed E-state index contributed by atoms with van der Waals surface area (Å²) < 4.78 is 7.27. The van der Waals surface area contributed by atoms with Crippen LogP contribution >= 0.6 is 0 Å². The zero-order chi connectivity index (χ0) is 41.1. The topological polar surface area (TPSA) is 19.0 Å². The zero-order valence-corrected chi connectivity index (χ0v) is 35.5. The Morgan fingerprint density at radius 2 is 0.806 bits per heavy atom. The maximum absolute atomic E-state index is 7.27. The van der Waals surface area contributed by atoms with Crippen molar-refractivity contribution in [2.24, 2.45) is 0 Å². The number of rotatable bonds is 5. The van der Waals surface area contributed by atoms with Gasteiger partial charge >= 0.3 is 0 Å². The highest BCUT2D eigenvalue weighted by Crippen LogP contribution is 2.50. The first-order chi connectivity index (χ1) is 30.6. The van der Waals surface area contributed by atoms with Crippen molar-refractivity contribution in [2.75, 3.05) is 14.7 Å². The van der Waals surface area contributed by atoms with Gasteiger partial charge in [-0.1, -0.05) is 145 Å². The Balaban J connectivity index is 1.11. The molecule has 4 heterocycles. The summed E-state index contributed by atoms with van der Waals surface area (Å²) in [6.45, 7) is 4.46. The lowest BCUT2D eigenvalue weighted by molar-refractivity contribution is 0.487. The summed E-state index contributed by atoms with van der Waals surface area (Å²) in [4.78, 5) is 7.43. The lowest BCUT2D eigenvalue weighted by atomic mass is 9.32. The van der Waals surface area contributed by atoms with Crippen LogP contribution < -0.4 is 56.6 Å². The summed E-state index contributed by atoms with van der Waals surface area (Å²) >= 11 is 0. The standard InChI is InChI=1S/C56H40BN3OSi/c1-37-29-31-44-52(33-37)62(42-21-11-5-12-22-42,43-23-13-6-14-24-43)53-34-38(2)30-32-45(53)60(44)41-35-49-56-51(36-41)61-50-28-16-27-48-55(50)57(56)54-46(58(48)39-17-7-3-8-18-39)25-15-26-47(54)59(49)40-19-9-4-10-20-40/h3-36H,1-2H3. The van der Waals surface area contributed by atoms with Crippen LogP contribution in [-0.4, -0.2) is 14.8 Å². The first kappa shape index (κ1) is 35.2. The predicted molar refractivity (Wildman–Crippen MR) is 262 cm³/mol. The molecule has 0 aromatic heterocycles. The van der Waals surface area contributed by atoms with E-state index < -0.39 is 8.07 Å². The van der Waals surface area contributed by atoms with E-state index in [2.05, 4.69) is 235 Å².